The normalized spacial score (nSPS) is 12.5. The first-order valence-electron chi connectivity index (χ1n) is 8.24. The number of phenols is 2. The number of aromatic hydroxyl groups is 2. The van der Waals surface area contributed by atoms with Crippen LogP contribution in [0.1, 0.15) is 52.2 Å². The van der Waals surface area contributed by atoms with Crippen LogP contribution in [0.25, 0.3) is 11.1 Å². The summed E-state index contributed by atoms with van der Waals surface area (Å²) in [7, 11) is 0. The Morgan fingerprint density at radius 1 is 0.917 bits per heavy atom. The highest BCUT2D eigenvalue weighted by molar-refractivity contribution is 5.77. The number of hydrogen-bond acceptors (Lipinski definition) is 2. The minimum atomic E-state index is -0.445. The lowest BCUT2D eigenvalue weighted by atomic mass is 9.71. The second-order valence-electron chi connectivity index (χ2n) is 8.47. The van der Waals surface area contributed by atoms with Crippen LogP contribution in [0.2, 0.25) is 0 Å². The molecule has 2 N–H and O–H groups in total. The smallest absolute Gasteiger partial charge is 0.126 e. The summed E-state index contributed by atoms with van der Waals surface area (Å²) in [4.78, 5) is 0. The van der Waals surface area contributed by atoms with Crippen molar-refractivity contribution in [2.45, 2.75) is 53.4 Å². The Balaban J connectivity index is 2.63. The van der Waals surface area contributed by atoms with Gasteiger partial charge in [0.15, 0.2) is 0 Å². The maximum Gasteiger partial charge on any atom is 0.126 e. The lowest BCUT2D eigenvalue weighted by molar-refractivity contribution is 0.284. The van der Waals surface area contributed by atoms with Crippen molar-refractivity contribution in [3.05, 3.63) is 47.3 Å². The quantitative estimate of drug-likeness (QED) is 0.732. The van der Waals surface area contributed by atoms with Crippen molar-refractivity contribution in [3.63, 3.8) is 0 Å². The first-order chi connectivity index (χ1) is 10.9. The first kappa shape index (κ1) is 18.3. The Kier molecular flexibility index (Phi) is 4.67. The molecule has 0 aromatic heterocycles. The number of hydrogen-bond donors (Lipinski definition) is 2. The van der Waals surface area contributed by atoms with E-state index in [4.69, 9.17) is 0 Å². The molecule has 0 bridgehead atoms. The monoisotopic (exact) mass is 330 g/mol. The van der Waals surface area contributed by atoms with Gasteiger partial charge >= 0.3 is 0 Å². The Morgan fingerprint density at radius 3 is 2.12 bits per heavy atom. The highest BCUT2D eigenvalue weighted by Crippen LogP contribution is 2.43. The molecular weight excluding hydrogens is 303 g/mol. The van der Waals surface area contributed by atoms with Crippen molar-refractivity contribution in [1.29, 1.82) is 0 Å². The third-order valence-corrected chi connectivity index (χ3v) is 4.30. The van der Waals surface area contributed by atoms with Gasteiger partial charge in [0.05, 0.1) is 0 Å². The number of aryl methyl sites for hydroxylation is 1. The highest BCUT2D eigenvalue weighted by atomic mass is 19.1. The van der Waals surface area contributed by atoms with Crippen molar-refractivity contribution in [2.75, 3.05) is 0 Å². The molecule has 0 amide bonds. The SMILES string of the molecule is Cc1cc(C(C)(C)CC(C)(C)C)cc(-c2cc(F)ccc2O)c1O. The molecule has 0 radical (unpaired) electrons. The molecule has 3 heteroatoms. The molecule has 130 valence electrons. The zero-order chi connectivity index (χ0) is 18.3. The lowest BCUT2D eigenvalue weighted by Gasteiger charge is -2.33. The van der Waals surface area contributed by atoms with Crippen LogP contribution in [0.3, 0.4) is 0 Å². The summed E-state index contributed by atoms with van der Waals surface area (Å²) >= 11 is 0. The molecule has 0 spiro atoms. The minimum Gasteiger partial charge on any atom is -0.507 e. The fourth-order valence-corrected chi connectivity index (χ4v) is 3.53. The molecule has 24 heavy (non-hydrogen) atoms. The van der Waals surface area contributed by atoms with E-state index < -0.39 is 5.82 Å². The van der Waals surface area contributed by atoms with E-state index in [1.807, 2.05) is 19.1 Å². The van der Waals surface area contributed by atoms with E-state index in [1.165, 1.54) is 18.2 Å². The summed E-state index contributed by atoms with van der Waals surface area (Å²) in [6, 6.07) is 7.61. The Bertz CT molecular complexity index is 755. The van der Waals surface area contributed by atoms with Gasteiger partial charge in [-0.05, 0) is 59.6 Å². The fraction of sp³-hybridized carbons (Fsp3) is 0.429. The van der Waals surface area contributed by atoms with Crippen LogP contribution in [0.5, 0.6) is 11.5 Å². The summed E-state index contributed by atoms with van der Waals surface area (Å²) in [5.41, 5.74) is 2.58. The Labute approximate surface area is 144 Å². The maximum atomic E-state index is 13.6. The van der Waals surface area contributed by atoms with Gasteiger partial charge in [-0.1, -0.05) is 40.7 Å². The van der Waals surface area contributed by atoms with Crippen molar-refractivity contribution in [1.82, 2.24) is 0 Å². The van der Waals surface area contributed by atoms with Gasteiger partial charge in [-0.25, -0.2) is 4.39 Å². The molecule has 0 unspecified atom stereocenters. The van der Waals surface area contributed by atoms with E-state index in [-0.39, 0.29) is 22.3 Å². The number of phenolic OH excluding ortho intramolecular Hbond substituents is 2. The second kappa shape index (κ2) is 6.12. The van der Waals surface area contributed by atoms with Crippen molar-refractivity contribution in [3.8, 4) is 22.6 Å². The van der Waals surface area contributed by atoms with Gasteiger partial charge < -0.3 is 10.2 Å². The molecule has 0 aliphatic heterocycles. The van der Waals surface area contributed by atoms with Crippen molar-refractivity contribution < 1.29 is 14.6 Å². The fourth-order valence-electron chi connectivity index (χ4n) is 3.53. The van der Waals surface area contributed by atoms with E-state index in [2.05, 4.69) is 34.6 Å². The number of rotatable bonds is 3. The number of benzene rings is 2. The third kappa shape index (κ3) is 3.89. The van der Waals surface area contributed by atoms with Crippen LogP contribution in [-0.4, -0.2) is 10.2 Å². The highest BCUT2D eigenvalue weighted by Gasteiger charge is 2.28. The van der Waals surface area contributed by atoms with Crippen molar-refractivity contribution >= 4 is 0 Å². The van der Waals surface area contributed by atoms with E-state index in [0.717, 1.165) is 12.0 Å². The van der Waals surface area contributed by atoms with Crippen LogP contribution in [0.4, 0.5) is 4.39 Å². The summed E-state index contributed by atoms with van der Waals surface area (Å²) in [5, 5.41) is 20.6. The average Bonchev–Trinajstić information content (AvgIpc) is 2.42. The Hall–Kier alpha value is -2.03. The van der Waals surface area contributed by atoms with Gasteiger partial charge in [0.25, 0.3) is 0 Å². The predicted molar refractivity (Wildman–Crippen MR) is 97.0 cm³/mol. The molecule has 2 rings (SSSR count). The molecule has 0 aliphatic carbocycles. The van der Waals surface area contributed by atoms with Gasteiger partial charge in [-0.3, -0.25) is 0 Å². The van der Waals surface area contributed by atoms with Gasteiger partial charge in [0.1, 0.15) is 17.3 Å². The largest absolute Gasteiger partial charge is 0.507 e. The second-order valence-corrected chi connectivity index (χ2v) is 8.47. The third-order valence-electron chi connectivity index (χ3n) is 4.30. The van der Waals surface area contributed by atoms with Crippen LogP contribution in [-0.2, 0) is 5.41 Å². The van der Waals surface area contributed by atoms with Crippen LogP contribution in [0, 0.1) is 18.2 Å². The van der Waals surface area contributed by atoms with E-state index in [9.17, 15) is 14.6 Å². The lowest BCUT2D eigenvalue weighted by Crippen LogP contribution is -2.25. The molecule has 0 heterocycles. The van der Waals surface area contributed by atoms with Gasteiger partial charge in [-0.15, -0.1) is 0 Å². The standard InChI is InChI=1S/C21H27FO2/c1-13-9-14(21(5,6)12-20(2,3)4)10-17(19(13)24)16-11-15(22)7-8-18(16)23/h7-11,23-24H,12H2,1-6H3. The van der Waals surface area contributed by atoms with Crippen LogP contribution in [0.15, 0.2) is 30.3 Å². The maximum absolute atomic E-state index is 13.6. The summed E-state index contributed by atoms with van der Waals surface area (Å²) in [5.74, 6) is -0.415. The molecule has 0 atom stereocenters. The zero-order valence-electron chi connectivity index (χ0n) is 15.4. The van der Waals surface area contributed by atoms with Crippen LogP contribution >= 0.6 is 0 Å². The topological polar surface area (TPSA) is 40.5 Å². The first-order valence-corrected chi connectivity index (χ1v) is 8.24. The van der Waals surface area contributed by atoms with Gasteiger partial charge in [-0.2, -0.15) is 0 Å². The molecule has 2 aromatic carbocycles. The van der Waals surface area contributed by atoms with Gasteiger partial charge in [0.2, 0.25) is 0 Å². The van der Waals surface area contributed by atoms with E-state index in [0.29, 0.717) is 16.7 Å². The predicted octanol–water partition coefficient (Wildman–Crippen LogP) is 5.93. The van der Waals surface area contributed by atoms with E-state index >= 15 is 0 Å². The minimum absolute atomic E-state index is 0.0446. The molecule has 0 aliphatic rings. The molecule has 2 aromatic rings. The van der Waals surface area contributed by atoms with Crippen LogP contribution < -0.4 is 0 Å². The summed E-state index contributed by atoms with van der Waals surface area (Å²) < 4.78 is 13.6. The zero-order valence-corrected chi connectivity index (χ0v) is 15.4. The molecular formula is C21H27FO2. The van der Waals surface area contributed by atoms with E-state index in [1.54, 1.807) is 0 Å². The van der Waals surface area contributed by atoms with Gasteiger partial charge in [0, 0.05) is 11.1 Å². The van der Waals surface area contributed by atoms with Crippen molar-refractivity contribution in [2.24, 2.45) is 5.41 Å². The number of halogens is 1. The molecule has 0 saturated heterocycles. The Morgan fingerprint density at radius 2 is 1.54 bits per heavy atom. The summed E-state index contributed by atoms with van der Waals surface area (Å²) in [6.07, 6.45) is 0.957. The molecule has 0 fully saturated rings. The average molecular weight is 330 g/mol. The molecule has 0 saturated carbocycles. The molecule has 2 nitrogen and oxygen atoms in total. The summed E-state index contributed by atoms with van der Waals surface area (Å²) in [6.45, 7) is 12.7.